The molecule has 4 aromatic rings. The van der Waals surface area contributed by atoms with Crippen LogP contribution in [0.5, 0.6) is 0 Å². The summed E-state index contributed by atoms with van der Waals surface area (Å²) in [6.45, 7) is 4.13. The van der Waals surface area contributed by atoms with E-state index in [0.717, 1.165) is 28.5 Å². The Morgan fingerprint density at radius 3 is 1.93 bits per heavy atom. The third-order valence-corrected chi connectivity index (χ3v) is 5.35. The van der Waals surface area contributed by atoms with Crippen molar-refractivity contribution in [1.29, 1.82) is 0 Å². The van der Waals surface area contributed by atoms with E-state index in [4.69, 9.17) is 0 Å². The molecule has 0 saturated heterocycles. The fourth-order valence-electron chi connectivity index (χ4n) is 3.51. The van der Waals surface area contributed by atoms with Crippen LogP contribution in [-0.2, 0) is 12.8 Å². The van der Waals surface area contributed by atoms with Gasteiger partial charge in [0.05, 0.1) is 0 Å². The summed E-state index contributed by atoms with van der Waals surface area (Å²) in [5.41, 5.74) is 6.35. The first-order chi connectivity index (χ1) is 14.2. The minimum absolute atomic E-state index is 0.118. The molecule has 4 rings (SSSR count). The minimum atomic E-state index is -0.118. The molecule has 0 unspecified atom stereocenters. The average molecular weight is 378 g/mol. The van der Waals surface area contributed by atoms with Gasteiger partial charge in [-0.05, 0) is 64.7 Å². The zero-order valence-electron chi connectivity index (χ0n) is 16.8. The van der Waals surface area contributed by atoms with Crippen LogP contribution in [-0.4, -0.2) is 0 Å². The number of hydrogen-bond acceptors (Lipinski definition) is 0. The summed E-state index contributed by atoms with van der Waals surface area (Å²) in [6.07, 6.45) is 1.75. The van der Waals surface area contributed by atoms with Crippen LogP contribution in [0.2, 0.25) is 0 Å². The molecule has 0 atom stereocenters. The van der Waals surface area contributed by atoms with E-state index >= 15 is 0 Å². The third kappa shape index (κ3) is 4.08. The molecule has 0 N–H and O–H groups in total. The van der Waals surface area contributed by atoms with Crippen LogP contribution in [0, 0.1) is 17.7 Å². The van der Waals surface area contributed by atoms with Gasteiger partial charge >= 0.3 is 0 Å². The normalized spacial score (nSPS) is 10.6. The van der Waals surface area contributed by atoms with Gasteiger partial charge in [0.2, 0.25) is 0 Å². The predicted octanol–water partition coefficient (Wildman–Crippen LogP) is 7.17. The number of benzene rings is 4. The van der Waals surface area contributed by atoms with Crippen molar-refractivity contribution in [2.75, 3.05) is 0 Å². The van der Waals surface area contributed by atoms with Gasteiger partial charge in [-0.15, -0.1) is 0 Å². The Balaban J connectivity index is 1.57. The summed E-state index contributed by atoms with van der Waals surface area (Å²) >= 11 is 0. The van der Waals surface area contributed by atoms with Crippen molar-refractivity contribution >= 4 is 10.8 Å². The molecule has 29 heavy (non-hydrogen) atoms. The van der Waals surface area contributed by atoms with Crippen LogP contribution in [0.15, 0.2) is 78.9 Å². The van der Waals surface area contributed by atoms with Crippen LogP contribution >= 0.6 is 0 Å². The summed E-state index contributed by atoms with van der Waals surface area (Å²) in [5.74, 6) is 6.30. The van der Waals surface area contributed by atoms with E-state index in [0.29, 0.717) is 11.8 Å². The highest BCUT2D eigenvalue weighted by Gasteiger charge is 2.06. The van der Waals surface area contributed by atoms with Crippen LogP contribution in [0.3, 0.4) is 0 Å². The van der Waals surface area contributed by atoms with Crippen molar-refractivity contribution in [1.82, 2.24) is 0 Å². The molecule has 0 aliphatic carbocycles. The van der Waals surface area contributed by atoms with Gasteiger partial charge in [0.15, 0.2) is 0 Å². The van der Waals surface area contributed by atoms with Gasteiger partial charge in [-0.25, -0.2) is 4.39 Å². The first-order valence-corrected chi connectivity index (χ1v) is 10.1. The Morgan fingerprint density at radius 1 is 0.655 bits per heavy atom. The Hall–Kier alpha value is -3.37. The fraction of sp³-hybridized carbons (Fsp3) is 0.143. The molecule has 142 valence electrons. The number of hydrogen-bond donors (Lipinski definition) is 0. The van der Waals surface area contributed by atoms with Gasteiger partial charge in [0.1, 0.15) is 5.82 Å². The van der Waals surface area contributed by atoms with Crippen LogP contribution in [0.4, 0.5) is 4.39 Å². The second kappa shape index (κ2) is 8.33. The Bertz CT molecular complexity index is 1200. The van der Waals surface area contributed by atoms with Crippen molar-refractivity contribution in [3.05, 3.63) is 107 Å². The van der Waals surface area contributed by atoms with Crippen molar-refractivity contribution in [3.8, 4) is 23.0 Å². The van der Waals surface area contributed by atoms with E-state index in [1.165, 1.54) is 16.7 Å². The van der Waals surface area contributed by atoms with Crippen LogP contribution in [0.1, 0.15) is 36.1 Å². The lowest BCUT2D eigenvalue weighted by atomic mass is 10.0. The highest BCUT2D eigenvalue weighted by Crippen LogP contribution is 2.23. The minimum Gasteiger partial charge on any atom is -0.206 e. The molecule has 4 aromatic carbocycles. The van der Waals surface area contributed by atoms with Gasteiger partial charge in [0, 0.05) is 16.5 Å². The second-order valence-corrected chi connectivity index (χ2v) is 7.21. The largest absolute Gasteiger partial charge is 0.206 e. The molecule has 0 aliphatic rings. The van der Waals surface area contributed by atoms with Gasteiger partial charge < -0.3 is 0 Å². The molecule has 0 nitrogen and oxygen atoms in total. The van der Waals surface area contributed by atoms with Gasteiger partial charge in [-0.3, -0.25) is 0 Å². The Morgan fingerprint density at radius 2 is 1.28 bits per heavy atom. The molecule has 0 spiro atoms. The summed E-state index contributed by atoms with van der Waals surface area (Å²) in [6, 6.07) is 26.5. The molecule has 0 amide bonds. The monoisotopic (exact) mass is 378 g/mol. The maximum Gasteiger partial charge on any atom is 0.134 e. The fourth-order valence-corrected chi connectivity index (χ4v) is 3.51. The number of halogens is 1. The maximum absolute atomic E-state index is 14.4. The summed E-state index contributed by atoms with van der Waals surface area (Å²) in [4.78, 5) is 0. The van der Waals surface area contributed by atoms with E-state index < -0.39 is 0 Å². The van der Waals surface area contributed by atoms with Crippen LogP contribution in [0.25, 0.3) is 21.9 Å². The van der Waals surface area contributed by atoms with Gasteiger partial charge in [-0.1, -0.05) is 80.3 Å². The summed E-state index contributed by atoms with van der Waals surface area (Å²) in [5, 5.41) is 1.55. The van der Waals surface area contributed by atoms with E-state index in [1.54, 1.807) is 0 Å². The summed E-state index contributed by atoms with van der Waals surface area (Å²) < 4.78 is 14.4. The summed E-state index contributed by atoms with van der Waals surface area (Å²) in [7, 11) is 0. The van der Waals surface area contributed by atoms with Crippen molar-refractivity contribution in [3.63, 3.8) is 0 Å². The van der Waals surface area contributed by atoms with Crippen LogP contribution < -0.4 is 0 Å². The first kappa shape index (κ1) is 19.0. The van der Waals surface area contributed by atoms with E-state index in [9.17, 15) is 4.39 Å². The first-order valence-electron chi connectivity index (χ1n) is 10.1. The molecule has 0 bridgehead atoms. The van der Waals surface area contributed by atoms with Crippen molar-refractivity contribution in [2.24, 2.45) is 0 Å². The topological polar surface area (TPSA) is 0 Å². The van der Waals surface area contributed by atoms with Crippen molar-refractivity contribution in [2.45, 2.75) is 26.7 Å². The molecule has 1 heteroatoms. The zero-order valence-corrected chi connectivity index (χ0v) is 16.8. The van der Waals surface area contributed by atoms with Gasteiger partial charge in [0.25, 0.3) is 0 Å². The molecule has 0 radical (unpaired) electrons. The zero-order chi connectivity index (χ0) is 20.2. The van der Waals surface area contributed by atoms with Gasteiger partial charge in [-0.2, -0.15) is 0 Å². The molecule has 0 saturated carbocycles. The van der Waals surface area contributed by atoms with Crippen molar-refractivity contribution < 1.29 is 4.39 Å². The number of fused-ring (bicyclic) bond motifs is 1. The maximum atomic E-state index is 14.4. The lowest BCUT2D eigenvalue weighted by Crippen LogP contribution is -1.89. The lowest BCUT2D eigenvalue weighted by molar-refractivity contribution is 0.624. The standard InChI is InChI=1S/C28H23F/c1-3-20-7-12-24(13-8-20)25-14-9-21(10-15-25)5-6-22-11-18-27-26(19-22)17-16-23(4-2)28(27)29/h7-19H,3-4H2,1-2H3. The Labute approximate surface area is 172 Å². The number of rotatable bonds is 3. The lowest BCUT2D eigenvalue weighted by Gasteiger charge is -2.05. The van der Waals surface area contributed by atoms with E-state index in [-0.39, 0.29) is 5.82 Å². The third-order valence-electron chi connectivity index (χ3n) is 5.35. The predicted molar refractivity (Wildman–Crippen MR) is 121 cm³/mol. The van der Waals surface area contributed by atoms with E-state index in [1.807, 2.05) is 49.4 Å². The molecule has 0 aliphatic heterocycles. The van der Waals surface area contributed by atoms with E-state index in [2.05, 4.69) is 55.2 Å². The smallest absolute Gasteiger partial charge is 0.134 e. The molecule has 0 fully saturated rings. The average Bonchev–Trinajstić information content (AvgIpc) is 2.78. The Kier molecular flexibility index (Phi) is 5.45. The molecular formula is C28H23F. The number of aryl methyl sites for hydroxylation is 2. The molecule has 0 aromatic heterocycles. The highest BCUT2D eigenvalue weighted by molar-refractivity contribution is 5.85. The quantitative estimate of drug-likeness (QED) is 0.331. The molecule has 0 heterocycles. The molecular weight excluding hydrogens is 355 g/mol. The highest BCUT2D eigenvalue weighted by atomic mass is 19.1. The second-order valence-electron chi connectivity index (χ2n) is 7.21. The SMILES string of the molecule is CCc1ccc(-c2ccc(C#Cc3ccc4c(F)c(CC)ccc4c3)cc2)cc1.